The summed E-state index contributed by atoms with van der Waals surface area (Å²) >= 11 is 0. The molecule has 0 aliphatic carbocycles. The summed E-state index contributed by atoms with van der Waals surface area (Å²) in [5.74, 6) is 4.50. The van der Waals surface area contributed by atoms with Gasteiger partial charge in [-0.1, -0.05) is 24.3 Å². The third-order valence-corrected chi connectivity index (χ3v) is 2.33. The zero-order valence-electron chi connectivity index (χ0n) is 8.90. The summed E-state index contributed by atoms with van der Waals surface area (Å²) in [6.45, 7) is 0. The fraction of sp³-hybridized carbons (Fsp3) is 0. The van der Waals surface area contributed by atoms with Crippen molar-refractivity contribution in [3.63, 3.8) is 0 Å². The first-order valence-electron chi connectivity index (χ1n) is 5.00. The molecule has 0 aliphatic rings. The number of rotatable bonds is 2. The maximum atomic E-state index is 13.1. The Balaban J connectivity index is 2.48. The van der Waals surface area contributed by atoms with Crippen LogP contribution in [0.3, 0.4) is 0 Å². The summed E-state index contributed by atoms with van der Waals surface area (Å²) in [5, 5.41) is 3.59. The minimum Gasteiger partial charge on any atom is -0.323 e. The number of hydrogen-bond acceptors (Lipinski definition) is 2. The third kappa shape index (κ3) is 2.47. The van der Waals surface area contributed by atoms with E-state index in [2.05, 4.69) is 5.10 Å². The van der Waals surface area contributed by atoms with Crippen molar-refractivity contribution in [3.8, 4) is 0 Å². The number of benzene rings is 2. The van der Waals surface area contributed by atoms with Crippen molar-refractivity contribution in [2.24, 2.45) is 10.9 Å². The minimum atomic E-state index is -0.389. The molecule has 0 heterocycles. The molecule has 0 fully saturated rings. The van der Waals surface area contributed by atoms with Gasteiger partial charge in [-0.2, -0.15) is 5.10 Å². The molecule has 86 valence electrons. The maximum absolute atomic E-state index is 13.1. The quantitative estimate of drug-likeness (QED) is 0.482. The van der Waals surface area contributed by atoms with E-state index in [1.807, 2.05) is 0 Å². The lowest BCUT2D eigenvalue weighted by Gasteiger charge is -2.05. The van der Waals surface area contributed by atoms with Gasteiger partial charge in [0.2, 0.25) is 0 Å². The van der Waals surface area contributed by atoms with Gasteiger partial charge in [-0.25, -0.2) is 8.78 Å². The van der Waals surface area contributed by atoms with E-state index < -0.39 is 0 Å². The predicted octanol–water partition coefficient (Wildman–Crippen LogP) is 2.68. The average molecular weight is 232 g/mol. The SMILES string of the molecule is NN=C(c1cccc(F)c1)c1cccc(F)c1. The van der Waals surface area contributed by atoms with Gasteiger partial charge in [0.1, 0.15) is 11.6 Å². The van der Waals surface area contributed by atoms with Crippen molar-refractivity contribution in [1.82, 2.24) is 0 Å². The molecule has 0 saturated heterocycles. The van der Waals surface area contributed by atoms with Crippen LogP contribution in [-0.2, 0) is 0 Å². The van der Waals surface area contributed by atoms with E-state index in [0.29, 0.717) is 16.8 Å². The van der Waals surface area contributed by atoms with Crippen molar-refractivity contribution in [1.29, 1.82) is 0 Å². The van der Waals surface area contributed by atoms with E-state index in [0.717, 1.165) is 0 Å². The van der Waals surface area contributed by atoms with Gasteiger partial charge in [-0.15, -0.1) is 0 Å². The molecule has 0 bridgehead atoms. The Morgan fingerprint density at radius 2 is 1.35 bits per heavy atom. The smallest absolute Gasteiger partial charge is 0.123 e. The molecule has 2 N–H and O–H groups in total. The van der Waals surface area contributed by atoms with Crippen LogP contribution in [0.1, 0.15) is 11.1 Å². The molecule has 2 rings (SSSR count). The van der Waals surface area contributed by atoms with E-state index in [1.54, 1.807) is 24.3 Å². The molecule has 0 spiro atoms. The monoisotopic (exact) mass is 232 g/mol. The highest BCUT2D eigenvalue weighted by molar-refractivity contribution is 6.12. The highest BCUT2D eigenvalue weighted by Gasteiger charge is 2.08. The van der Waals surface area contributed by atoms with Crippen LogP contribution < -0.4 is 5.84 Å². The standard InChI is InChI=1S/C13H10F2N2/c14-11-5-1-3-9(7-11)13(17-16)10-4-2-6-12(15)8-10/h1-8H,16H2. The maximum Gasteiger partial charge on any atom is 0.123 e. The van der Waals surface area contributed by atoms with Crippen molar-refractivity contribution >= 4 is 5.71 Å². The third-order valence-electron chi connectivity index (χ3n) is 2.33. The Morgan fingerprint density at radius 1 is 0.882 bits per heavy atom. The molecule has 0 aliphatic heterocycles. The molecule has 0 atom stereocenters. The normalized spacial score (nSPS) is 10.0. The van der Waals surface area contributed by atoms with Crippen LogP contribution in [0, 0.1) is 11.6 Å². The van der Waals surface area contributed by atoms with Gasteiger partial charge in [0, 0.05) is 11.1 Å². The van der Waals surface area contributed by atoms with Crippen molar-refractivity contribution < 1.29 is 8.78 Å². The first-order valence-corrected chi connectivity index (χ1v) is 5.00. The Morgan fingerprint density at radius 3 is 1.71 bits per heavy atom. The molecule has 2 aromatic carbocycles. The second-order valence-corrected chi connectivity index (χ2v) is 3.50. The van der Waals surface area contributed by atoms with Crippen LogP contribution in [0.5, 0.6) is 0 Å². The topological polar surface area (TPSA) is 38.4 Å². The molecule has 4 heteroatoms. The highest BCUT2D eigenvalue weighted by atomic mass is 19.1. The first-order chi connectivity index (χ1) is 8.20. The van der Waals surface area contributed by atoms with E-state index in [-0.39, 0.29) is 11.6 Å². The molecule has 0 unspecified atom stereocenters. The number of hydrazone groups is 1. The van der Waals surface area contributed by atoms with E-state index >= 15 is 0 Å². The second kappa shape index (κ2) is 4.74. The van der Waals surface area contributed by atoms with Crippen molar-refractivity contribution in [2.45, 2.75) is 0 Å². The number of nitrogens with two attached hydrogens (primary N) is 1. The van der Waals surface area contributed by atoms with Crippen LogP contribution in [0.2, 0.25) is 0 Å². The van der Waals surface area contributed by atoms with E-state index in [4.69, 9.17) is 5.84 Å². The zero-order chi connectivity index (χ0) is 12.3. The largest absolute Gasteiger partial charge is 0.323 e. The van der Waals surface area contributed by atoms with Crippen LogP contribution in [0.4, 0.5) is 8.78 Å². The van der Waals surface area contributed by atoms with Gasteiger partial charge < -0.3 is 5.84 Å². The zero-order valence-corrected chi connectivity index (χ0v) is 8.90. The van der Waals surface area contributed by atoms with Crippen molar-refractivity contribution in [3.05, 3.63) is 71.3 Å². The van der Waals surface area contributed by atoms with Crippen LogP contribution >= 0.6 is 0 Å². The van der Waals surface area contributed by atoms with Crippen LogP contribution in [0.15, 0.2) is 53.6 Å². The lowest BCUT2D eigenvalue weighted by Crippen LogP contribution is -2.07. The Hall–Kier alpha value is -2.23. The summed E-state index contributed by atoms with van der Waals surface area (Å²) in [7, 11) is 0. The molecule has 2 nitrogen and oxygen atoms in total. The van der Waals surface area contributed by atoms with Gasteiger partial charge in [-0.3, -0.25) is 0 Å². The number of nitrogens with zero attached hydrogens (tertiary/aromatic N) is 1. The van der Waals surface area contributed by atoms with Gasteiger partial charge >= 0.3 is 0 Å². The molecular formula is C13H10F2N2. The number of halogens is 2. The fourth-order valence-electron chi connectivity index (χ4n) is 1.59. The van der Waals surface area contributed by atoms with Gasteiger partial charge in [0.05, 0.1) is 5.71 Å². The molecule has 0 amide bonds. The highest BCUT2D eigenvalue weighted by Crippen LogP contribution is 2.13. The molecule has 0 radical (unpaired) electrons. The summed E-state index contributed by atoms with van der Waals surface area (Å²) < 4.78 is 26.2. The molecular weight excluding hydrogens is 222 g/mol. The second-order valence-electron chi connectivity index (χ2n) is 3.50. The Bertz CT molecular complexity index is 517. The first kappa shape index (κ1) is 11.3. The predicted molar refractivity (Wildman–Crippen MR) is 62.6 cm³/mol. The van der Waals surface area contributed by atoms with Gasteiger partial charge in [0.25, 0.3) is 0 Å². The van der Waals surface area contributed by atoms with Gasteiger partial charge in [-0.05, 0) is 24.3 Å². The lowest BCUT2D eigenvalue weighted by atomic mass is 10.0. The minimum absolute atomic E-state index is 0.351. The summed E-state index contributed by atoms with van der Waals surface area (Å²) in [4.78, 5) is 0. The molecule has 0 saturated carbocycles. The van der Waals surface area contributed by atoms with E-state index in [9.17, 15) is 8.78 Å². The summed E-state index contributed by atoms with van der Waals surface area (Å²) in [6.07, 6.45) is 0. The summed E-state index contributed by atoms with van der Waals surface area (Å²) in [5.41, 5.74) is 1.38. The lowest BCUT2D eigenvalue weighted by molar-refractivity contribution is 0.627. The molecule has 17 heavy (non-hydrogen) atoms. The fourth-order valence-corrected chi connectivity index (χ4v) is 1.59. The molecule has 0 aromatic heterocycles. The Labute approximate surface area is 97.4 Å². The molecule has 2 aromatic rings. The van der Waals surface area contributed by atoms with Gasteiger partial charge in [0.15, 0.2) is 0 Å². The van der Waals surface area contributed by atoms with Crippen LogP contribution in [-0.4, -0.2) is 5.71 Å². The summed E-state index contributed by atoms with van der Waals surface area (Å²) in [6, 6.07) is 11.7. The Kier molecular flexibility index (Phi) is 3.14. The van der Waals surface area contributed by atoms with Crippen molar-refractivity contribution in [2.75, 3.05) is 0 Å². The average Bonchev–Trinajstić information content (AvgIpc) is 2.30. The van der Waals surface area contributed by atoms with E-state index in [1.165, 1.54) is 24.3 Å². The van der Waals surface area contributed by atoms with Crippen LogP contribution in [0.25, 0.3) is 0 Å². The number of hydrogen-bond donors (Lipinski definition) is 1.